The third-order valence-corrected chi connectivity index (χ3v) is 4.96. The molecular formula is C20H22N2OS. The van der Waals surface area contributed by atoms with Crippen molar-refractivity contribution in [3.8, 4) is 16.2 Å². The molecule has 0 atom stereocenters. The van der Waals surface area contributed by atoms with Gasteiger partial charge in [-0.2, -0.15) is 0 Å². The van der Waals surface area contributed by atoms with Crippen molar-refractivity contribution in [3.05, 3.63) is 70.9 Å². The van der Waals surface area contributed by atoms with Gasteiger partial charge in [-0.15, -0.1) is 11.3 Å². The van der Waals surface area contributed by atoms with E-state index in [1.165, 1.54) is 21.6 Å². The molecular weight excluding hydrogens is 316 g/mol. The first-order valence-corrected chi connectivity index (χ1v) is 8.91. The van der Waals surface area contributed by atoms with Crippen molar-refractivity contribution < 1.29 is 4.74 Å². The zero-order valence-electron chi connectivity index (χ0n) is 14.1. The highest BCUT2D eigenvalue weighted by Crippen LogP contribution is 2.26. The number of rotatable bonds is 7. The van der Waals surface area contributed by atoms with Crippen molar-refractivity contribution in [1.29, 1.82) is 0 Å². The number of aryl methyl sites for hydroxylation is 1. The van der Waals surface area contributed by atoms with Crippen molar-refractivity contribution in [2.24, 2.45) is 0 Å². The number of hydrogen-bond acceptors (Lipinski definition) is 4. The van der Waals surface area contributed by atoms with E-state index in [0.29, 0.717) is 0 Å². The lowest BCUT2D eigenvalue weighted by atomic mass is 10.1. The molecule has 0 spiro atoms. The molecule has 0 aliphatic carbocycles. The first-order chi connectivity index (χ1) is 11.7. The Bertz CT molecular complexity index is 763. The van der Waals surface area contributed by atoms with Crippen LogP contribution in [0.4, 0.5) is 0 Å². The number of nitrogens with zero attached hydrogens (tertiary/aromatic N) is 1. The summed E-state index contributed by atoms with van der Waals surface area (Å²) in [7, 11) is 1.69. The molecule has 0 unspecified atom stereocenters. The molecule has 24 heavy (non-hydrogen) atoms. The highest BCUT2D eigenvalue weighted by atomic mass is 32.1. The summed E-state index contributed by atoms with van der Waals surface area (Å²) in [4.78, 5) is 5.75. The van der Waals surface area contributed by atoms with Gasteiger partial charge in [-0.05, 0) is 43.1 Å². The zero-order chi connectivity index (χ0) is 16.8. The van der Waals surface area contributed by atoms with Crippen molar-refractivity contribution in [2.75, 3.05) is 13.7 Å². The van der Waals surface area contributed by atoms with Crippen LogP contribution in [0, 0.1) is 6.92 Å². The minimum Gasteiger partial charge on any atom is -0.497 e. The van der Waals surface area contributed by atoms with Gasteiger partial charge >= 0.3 is 0 Å². The molecule has 0 aliphatic heterocycles. The van der Waals surface area contributed by atoms with Crippen LogP contribution < -0.4 is 10.1 Å². The lowest BCUT2D eigenvalue weighted by Crippen LogP contribution is -2.16. The fourth-order valence-electron chi connectivity index (χ4n) is 2.46. The fraction of sp³-hybridized carbons (Fsp3) is 0.250. The Kier molecular flexibility index (Phi) is 5.62. The number of aromatic nitrogens is 1. The molecule has 1 aromatic heterocycles. The molecule has 1 N–H and O–H groups in total. The Morgan fingerprint density at radius 2 is 1.79 bits per heavy atom. The van der Waals surface area contributed by atoms with Gasteiger partial charge in [-0.1, -0.05) is 42.0 Å². The second-order valence-corrected chi connectivity index (χ2v) is 6.87. The molecule has 3 rings (SSSR count). The van der Waals surface area contributed by atoms with Gasteiger partial charge in [0, 0.05) is 12.7 Å². The van der Waals surface area contributed by atoms with Crippen LogP contribution in [0.2, 0.25) is 0 Å². The van der Waals surface area contributed by atoms with Crippen molar-refractivity contribution in [2.45, 2.75) is 19.9 Å². The lowest BCUT2D eigenvalue weighted by Gasteiger charge is -2.04. The summed E-state index contributed by atoms with van der Waals surface area (Å²) in [5.41, 5.74) is 3.83. The first-order valence-electron chi connectivity index (χ1n) is 8.10. The molecule has 124 valence electrons. The molecule has 0 fully saturated rings. The predicted molar refractivity (Wildman–Crippen MR) is 101 cm³/mol. The van der Waals surface area contributed by atoms with E-state index in [1.54, 1.807) is 18.4 Å². The molecule has 0 amide bonds. The number of benzene rings is 2. The van der Waals surface area contributed by atoms with Crippen LogP contribution in [0.15, 0.2) is 54.7 Å². The quantitative estimate of drug-likeness (QED) is 0.646. The van der Waals surface area contributed by atoms with Gasteiger partial charge in [0.15, 0.2) is 0 Å². The third-order valence-electron chi connectivity index (χ3n) is 3.92. The maximum Gasteiger partial charge on any atom is 0.118 e. The van der Waals surface area contributed by atoms with Gasteiger partial charge in [0.25, 0.3) is 0 Å². The van der Waals surface area contributed by atoms with E-state index in [9.17, 15) is 0 Å². The number of nitrogens with one attached hydrogen (secondary N) is 1. The molecule has 3 aromatic rings. The summed E-state index contributed by atoms with van der Waals surface area (Å²) in [6.07, 6.45) is 2.97. The van der Waals surface area contributed by atoms with Crippen molar-refractivity contribution in [1.82, 2.24) is 10.3 Å². The highest BCUT2D eigenvalue weighted by molar-refractivity contribution is 7.15. The van der Waals surface area contributed by atoms with E-state index in [2.05, 4.69) is 53.6 Å². The highest BCUT2D eigenvalue weighted by Gasteiger charge is 2.04. The van der Waals surface area contributed by atoms with E-state index in [4.69, 9.17) is 4.74 Å². The predicted octanol–water partition coefficient (Wildman–Crippen LogP) is 4.46. The van der Waals surface area contributed by atoms with Gasteiger partial charge in [0.1, 0.15) is 10.8 Å². The minimum absolute atomic E-state index is 0.812. The summed E-state index contributed by atoms with van der Waals surface area (Å²) in [5.74, 6) is 0.901. The van der Waals surface area contributed by atoms with Crippen LogP contribution >= 0.6 is 11.3 Å². The zero-order valence-corrected chi connectivity index (χ0v) is 14.9. The molecule has 3 nitrogen and oxygen atoms in total. The number of thiazole rings is 1. The molecule has 1 heterocycles. The number of hydrogen-bond donors (Lipinski definition) is 1. The van der Waals surface area contributed by atoms with Gasteiger partial charge in [-0.25, -0.2) is 4.98 Å². The Balaban J connectivity index is 1.47. The van der Waals surface area contributed by atoms with Crippen LogP contribution in [0.5, 0.6) is 5.75 Å². The van der Waals surface area contributed by atoms with Gasteiger partial charge in [0.2, 0.25) is 0 Å². The van der Waals surface area contributed by atoms with Crippen LogP contribution in [-0.2, 0) is 13.0 Å². The monoisotopic (exact) mass is 338 g/mol. The van der Waals surface area contributed by atoms with Gasteiger partial charge < -0.3 is 10.1 Å². The molecule has 0 saturated heterocycles. The van der Waals surface area contributed by atoms with Gasteiger partial charge in [-0.3, -0.25) is 0 Å². The van der Waals surface area contributed by atoms with Gasteiger partial charge in [0.05, 0.1) is 12.0 Å². The maximum atomic E-state index is 5.18. The Morgan fingerprint density at radius 3 is 2.50 bits per heavy atom. The molecule has 0 bridgehead atoms. The minimum atomic E-state index is 0.812. The number of ether oxygens (including phenoxy) is 1. The van der Waals surface area contributed by atoms with E-state index < -0.39 is 0 Å². The smallest absolute Gasteiger partial charge is 0.118 e. The molecule has 4 heteroatoms. The summed E-state index contributed by atoms with van der Waals surface area (Å²) in [6.45, 7) is 3.85. The summed E-state index contributed by atoms with van der Waals surface area (Å²) in [5, 5.41) is 4.59. The van der Waals surface area contributed by atoms with Crippen molar-refractivity contribution in [3.63, 3.8) is 0 Å². The second kappa shape index (κ2) is 8.08. The summed E-state index contributed by atoms with van der Waals surface area (Å²) in [6, 6.07) is 16.8. The van der Waals surface area contributed by atoms with Crippen LogP contribution in [-0.4, -0.2) is 18.6 Å². The molecule has 2 aromatic carbocycles. The maximum absolute atomic E-state index is 5.18. The van der Waals surface area contributed by atoms with Crippen LogP contribution in [0.1, 0.15) is 16.1 Å². The van der Waals surface area contributed by atoms with Crippen LogP contribution in [0.3, 0.4) is 0 Å². The van der Waals surface area contributed by atoms with E-state index in [0.717, 1.165) is 30.3 Å². The average molecular weight is 338 g/mol. The Labute approximate surface area is 147 Å². The normalized spacial score (nSPS) is 10.8. The van der Waals surface area contributed by atoms with Crippen LogP contribution in [0.25, 0.3) is 10.4 Å². The first kappa shape index (κ1) is 16.7. The topological polar surface area (TPSA) is 34.1 Å². The van der Waals surface area contributed by atoms with E-state index in [1.807, 2.05) is 18.3 Å². The van der Waals surface area contributed by atoms with E-state index >= 15 is 0 Å². The number of methoxy groups -OCH3 is 1. The summed E-state index contributed by atoms with van der Waals surface area (Å²) >= 11 is 1.75. The second-order valence-electron chi connectivity index (χ2n) is 5.76. The largest absolute Gasteiger partial charge is 0.497 e. The molecule has 0 aliphatic rings. The molecule has 0 saturated carbocycles. The van der Waals surface area contributed by atoms with E-state index in [-0.39, 0.29) is 0 Å². The van der Waals surface area contributed by atoms with Crippen molar-refractivity contribution >= 4 is 11.3 Å². The Morgan fingerprint density at radius 1 is 1.04 bits per heavy atom. The average Bonchev–Trinajstić information content (AvgIpc) is 3.09. The lowest BCUT2D eigenvalue weighted by molar-refractivity contribution is 0.414. The Hall–Kier alpha value is -2.17. The molecule has 0 radical (unpaired) electrons. The summed E-state index contributed by atoms with van der Waals surface area (Å²) < 4.78 is 5.18. The fourth-order valence-corrected chi connectivity index (χ4v) is 3.36. The standard InChI is InChI=1S/C20H22N2OS/c1-15-3-7-17(8-4-15)19-13-22-20(24-19)14-21-12-11-16-5-9-18(23-2)10-6-16/h3-10,13,21H,11-12,14H2,1-2H3. The third kappa shape index (κ3) is 4.43. The SMILES string of the molecule is COc1ccc(CCNCc2ncc(-c3ccc(C)cc3)s2)cc1.